The highest BCUT2D eigenvalue weighted by Crippen LogP contribution is 2.15. The second-order valence-electron chi connectivity index (χ2n) is 5.83. The lowest BCUT2D eigenvalue weighted by atomic mass is 9.99. The highest BCUT2D eigenvalue weighted by Gasteiger charge is 2.12. The van der Waals surface area contributed by atoms with Crippen molar-refractivity contribution in [2.24, 2.45) is 0 Å². The van der Waals surface area contributed by atoms with Crippen LogP contribution in [0.15, 0.2) is 72.4 Å². The predicted molar refractivity (Wildman–Crippen MR) is 99.9 cm³/mol. The van der Waals surface area contributed by atoms with E-state index in [0.29, 0.717) is 12.1 Å². The van der Waals surface area contributed by atoms with Crippen LogP contribution >= 0.6 is 11.3 Å². The van der Waals surface area contributed by atoms with Gasteiger partial charge in [-0.15, -0.1) is 11.3 Å². The third-order valence-electron chi connectivity index (χ3n) is 4.07. The second-order valence-corrected chi connectivity index (χ2v) is 6.70. The summed E-state index contributed by atoms with van der Waals surface area (Å²) in [5.41, 5.74) is 3.79. The Kier molecular flexibility index (Phi) is 4.31. The molecular formula is C20H17N3OS. The van der Waals surface area contributed by atoms with E-state index in [4.69, 9.17) is 0 Å². The van der Waals surface area contributed by atoms with Gasteiger partial charge >= 0.3 is 0 Å². The van der Waals surface area contributed by atoms with Gasteiger partial charge in [0, 0.05) is 23.3 Å². The maximum Gasteiger partial charge on any atom is 0.251 e. The van der Waals surface area contributed by atoms with Crippen molar-refractivity contribution in [1.82, 2.24) is 14.7 Å². The van der Waals surface area contributed by atoms with Gasteiger partial charge in [-0.25, -0.2) is 4.98 Å². The van der Waals surface area contributed by atoms with E-state index >= 15 is 0 Å². The average Bonchev–Trinajstić information content (AvgIpc) is 3.23. The molecule has 4 nitrogen and oxygen atoms in total. The third-order valence-corrected chi connectivity index (χ3v) is 4.84. The number of hydrogen-bond acceptors (Lipinski definition) is 3. The molecule has 1 amide bonds. The van der Waals surface area contributed by atoms with E-state index in [9.17, 15) is 4.79 Å². The minimum absolute atomic E-state index is 0.0668. The number of benzene rings is 2. The highest BCUT2D eigenvalue weighted by molar-refractivity contribution is 7.15. The van der Waals surface area contributed by atoms with E-state index in [0.717, 1.165) is 22.6 Å². The lowest BCUT2D eigenvalue weighted by Gasteiger charge is -2.10. The quantitative estimate of drug-likeness (QED) is 0.595. The molecule has 0 aliphatic heterocycles. The van der Waals surface area contributed by atoms with Gasteiger partial charge in [-0.05, 0) is 23.6 Å². The topological polar surface area (TPSA) is 46.4 Å². The Morgan fingerprint density at radius 3 is 2.72 bits per heavy atom. The number of imidazole rings is 1. The minimum atomic E-state index is -0.0668. The molecule has 25 heavy (non-hydrogen) atoms. The first-order valence-electron chi connectivity index (χ1n) is 8.11. The van der Waals surface area contributed by atoms with Crippen molar-refractivity contribution in [2.45, 2.75) is 13.0 Å². The Bertz CT molecular complexity index is 975. The summed E-state index contributed by atoms with van der Waals surface area (Å²) in [6, 6.07) is 17.9. The van der Waals surface area contributed by atoms with Gasteiger partial charge in [0.1, 0.15) is 0 Å². The van der Waals surface area contributed by atoms with Crippen molar-refractivity contribution in [1.29, 1.82) is 0 Å². The molecule has 2 aromatic carbocycles. The molecule has 0 atom stereocenters. The maximum absolute atomic E-state index is 12.6. The number of carbonyl (C=O) groups is 1. The van der Waals surface area contributed by atoms with Gasteiger partial charge in [0.05, 0.1) is 12.2 Å². The molecule has 4 rings (SSSR count). The number of nitrogens with one attached hydrogen (secondary N) is 1. The summed E-state index contributed by atoms with van der Waals surface area (Å²) in [6.07, 6.45) is 4.65. The van der Waals surface area contributed by atoms with E-state index in [1.807, 2.05) is 64.6 Å². The zero-order chi connectivity index (χ0) is 17.1. The number of carbonyl (C=O) groups excluding carboxylic acids is 1. The van der Waals surface area contributed by atoms with Crippen LogP contribution in [-0.2, 0) is 13.0 Å². The predicted octanol–water partition coefficient (Wildman–Crippen LogP) is 3.92. The number of thiazole rings is 1. The molecule has 2 aromatic heterocycles. The molecule has 5 heteroatoms. The van der Waals surface area contributed by atoms with E-state index in [1.54, 1.807) is 11.3 Å². The normalized spacial score (nSPS) is 10.9. The molecular weight excluding hydrogens is 330 g/mol. The van der Waals surface area contributed by atoms with E-state index < -0.39 is 0 Å². The molecule has 0 saturated carbocycles. The monoisotopic (exact) mass is 347 g/mol. The Morgan fingerprint density at radius 2 is 1.88 bits per heavy atom. The lowest BCUT2D eigenvalue weighted by molar-refractivity contribution is 0.0949. The molecule has 0 saturated heterocycles. The number of nitrogens with zero attached hydrogens (tertiary/aromatic N) is 2. The summed E-state index contributed by atoms with van der Waals surface area (Å²) in [5, 5.41) is 4.97. The van der Waals surface area contributed by atoms with E-state index in [2.05, 4.69) is 22.4 Å². The Morgan fingerprint density at radius 1 is 1.08 bits per heavy atom. The van der Waals surface area contributed by atoms with Crippen LogP contribution in [0.5, 0.6) is 0 Å². The van der Waals surface area contributed by atoms with Crippen molar-refractivity contribution >= 4 is 22.2 Å². The zero-order valence-corrected chi connectivity index (χ0v) is 14.4. The van der Waals surface area contributed by atoms with Crippen molar-refractivity contribution in [3.05, 3.63) is 94.8 Å². The highest BCUT2D eigenvalue weighted by atomic mass is 32.1. The van der Waals surface area contributed by atoms with Crippen LogP contribution in [0.4, 0.5) is 0 Å². The molecule has 1 N–H and O–H groups in total. The molecule has 2 heterocycles. The number of aromatic nitrogens is 2. The molecule has 0 fully saturated rings. The Hall–Kier alpha value is -2.92. The summed E-state index contributed by atoms with van der Waals surface area (Å²) in [4.78, 5) is 18.1. The van der Waals surface area contributed by atoms with E-state index in [1.165, 1.54) is 5.56 Å². The summed E-state index contributed by atoms with van der Waals surface area (Å²) < 4.78 is 1.97. The molecule has 0 spiro atoms. The van der Waals surface area contributed by atoms with Crippen LogP contribution in [-0.4, -0.2) is 15.3 Å². The van der Waals surface area contributed by atoms with E-state index in [-0.39, 0.29) is 5.91 Å². The smallest absolute Gasteiger partial charge is 0.251 e. The SMILES string of the molecule is O=C(NCc1cn2ccsc2n1)c1ccccc1Cc1ccccc1. The van der Waals surface area contributed by atoms with Crippen molar-refractivity contribution < 1.29 is 4.79 Å². The fraction of sp³-hybridized carbons (Fsp3) is 0.100. The van der Waals surface area contributed by atoms with Crippen LogP contribution < -0.4 is 5.32 Å². The first-order valence-corrected chi connectivity index (χ1v) is 8.99. The maximum atomic E-state index is 12.6. The van der Waals surface area contributed by atoms with Crippen LogP contribution in [0, 0.1) is 0 Å². The molecule has 0 radical (unpaired) electrons. The second kappa shape index (κ2) is 6.91. The first kappa shape index (κ1) is 15.6. The fourth-order valence-electron chi connectivity index (χ4n) is 2.84. The number of amides is 1. The van der Waals surface area contributed by atoms with Gasteiger partial charge < -0.3 is 5.32 Å². The zero-order valence-electron chi connectivity index (χ0n) is 13.6. The van der Waals surface area contributed by atoms with Crippen molar-refractivity contribution in [3.8, 4) is 0 Å². The molecule has 0 bridgehead atoms. The Labute approximate surface area is 149 Å². The largest absolute Gasteiger partial charge is 0.346 e. The van der Waals surface area contributed by atoms with Gasteiger partial charge in [0.2, 0.25) is 0 Å². The van der Waals surface area contributed by atoms with Gasteiger partial charge in [-0.1, -0.05) is 48.5 Å². The van der Waals surface area contributed by atoms with Gasteiger partial charge in [-0.3, -0.25) is 9.20 Å². The molecule has 0 unspecified atom stereocenters. The molecule has 124 valence electrons. The summed E-state index contributed by atoms with van der Waals surface area (Å²) >= 11 is 1.58. The minimum Gasteiger partial charge on any atom is -0.346 e. The fourth-order valence-corrected chi connectivity index (χ4v) is 3.56. The summed E-state index contributed by atoms with van der Waals surface area (Å²) in [7, 11) is 0. The third kappa shape index (κ3) is 3.46. The average molecular weight is 347 g/mol. The molecule has 0 aliphatic rings. The van der Waals surface area contributed by atoms with Gasteiger partial charge in [0.15, 0.2) is 4.96 Å². The van der Waals surface area contributed by atoms with Crippen LogP contribution in [0.25, 0.3) is 4.96 Å². The van der Waals surface area contributed by atoms with Gasteiger partial charge in [0.25, 0.3) is 5.91 Å². The standard InChI is InChI=1S/C20H17N3OS/c24-19(21-13-17-14-23-10-11-25-20(23)22-17)18-9-5-4-8-16(18)12-15-6-2-1-3-7-15/h1-11,14H,12-13H2,(H,21,24). The summed E-state index contributed by atoms with van der Waals surface area (Å²) in [5.74, 6) is -0.0668. The molecule has 0 aliphatic carbocycles. The number of rotatable bonds is 5. The van der Waals surface area contributed by atoms with Crippen molar-refractivity contribution in [3.63, 3.8) is 0 Å². The van der Waals surface area contributed by atoms with Crippen LogP contribution in [0.2, 0.25) is 0 Å². The lowest BCUT2D eigenvalue weighted by Crippen LogP contribution is -2.24. The van der Waals surface area contributed by atoms with Crippen LogP contribution in [0.1, 0.15) is 27.2 Å². The Balaban J connectivity index is 1.49. The van der Waals surface area contributed by atoms with Crippen molar-refractivity contribution in [2.75, 3.05) is 0 Å². The first-order chi connectivity index (χ1) is 12.3. The van der Waals surface area contributed by atoms with Crippen LogP contribution in [0.3, 0.4) is 0 Å². The number of hydrogen-bond donors (Lipinski definition) is 1. The number of fused-ring (bicyclic) bond motifs is 1. The molecule has 4 aromatic rings. The van der Waals surface area contributed by atoms with Gasteiger partial charge in [-0.2, -0.15) is 0 Å². The summed E-state index contributed by atoms with van der Waals surface area (Å²) in [6.45, 7) is 0.424.